The van der Waals surface area contributed by atoms with Crippen molar-refractivity contribution in [3.8, 4) is 0 Å². The average molecular weight is 252 g/mol. The van der Waals surface area contributed by atoms with Crippen LogP contribution in [-0.2, 0) is 4.74 Å². The van der Waals surface area contributed by atoms with Crippen LogP contribution in [0.15, 0.2) is 0 Å². The summed E-state index contributed by atoms with van der Waals surface area (Å²) < 4.78 is 5.35. The van der Waals surface area contributed by atoms with Crippen LogP contribution < -0.4 is 0 Å². The van der Waals surface area contributed by atoms with E-state index in [0.717, 1.165) is 19.3 Å². The fourth-order valence-corrected chi connectivity index (χ4v) is 2.32. The predicted molar refractivity (Wildman–Crippen MR) is 71.2 cm³/mol. The monoisotopic (exact) mass is 252 g/mol. The standard InChI is InChI=1S/C14H24N2O2/c1-6-12(15-5)11-7-9-16(10-8-11)13(17)18-14(2,3)4/h11-12H,6-10H2,1-4H3. The normalized spacial score (nSPS) is 19.2. The van der Waals surface area contributed by atoms with Gasteiger partial charge in [0.2, 0.25) is 6.04 Å². The van der Waals surface area contributed by atoms with Crippen molar-refractivity contribution in [3.63, 3.8) is 0 Å². The van der Waals surface area contributed by atoms with E-state index >= 15 is 0 Å². The molecule has 0 spiro atoms. The Hall–Kier alpha value is -1.24. The quantitative estimate of drug-likeness (QED) is 0.706. The highest BCUT2D eigenvalue weighted by atomic mass is 16.6. The molecule has 4 nitrogen and oxygen atoms in total. The number of hydrogen-bond acceptors (Lipinski definition) is 2. The van der Waals surface area contributed by atoms with Gasteiger partial charge in [-0.1, -0.05) is 6.92 Å². The lowest BCUT2D eigenvalue weighted by Gasteiger charge is -2.33. The summed E-state index contributed by atoms with van der Waals surface area (Å²) in [7, 11) is 0. The Morgan fingerprint density at radius 3 is 2.39 bits per heavy atom. The number of ether oxygens (including phenoxy) is 1. The van der Waals surface area contributed by atoms with Gasteiger partial charge < -0.3 is 14.5 Å². The fraction of sp³-hybridized carbons (Fsp3) is 0.857. The van der Waals surface area contributed by atoms with Crippen LogP contribution in [-0.4, -0.2) is 35.7 Å². The van der Waals surface area contributed by atoms with Gasteiger partial charge >= 0.3 is 6.09 Å². The van der Waals surface area contributed by atoms with Crippen molar-refractivity contribution < 1.29 is 9.53 Å². The average Bonchev–Trinajstić information content (AvgIpc) is 2.29. The first kappa shape index (κ1) is 14.8. The van der Waals surface area contributed by atoms with Crippen LogP contribution >= 0.6 is 0 Å². The molecule has 18 heavy (non-hydrogen) atoms. The van der Waals surface area contributed by atoms with E-state index in [4.69, 9.17) is 11.3 Å². The summed E-state index contributed by atoms with van der Waals surface area (Å²) in [4.78, 5) is 17.3. The van der Waals surface area contributed by atoms with Crippen molar-refractivity contribution in [1.82, 2.24) is 4.90 Å². The predicted octanol–water partition coefficient (Wildman–Crippen LogP) is 3.33. The number of amides is 1. The molecule has 4 heteroatoms. The van der Waals surface area contributed by atoms with Crippen LogP contribution in [0, 0.1) is 12.5 Å². The first-order valence-electron chi connectivity index (χ1n) is 6.72. The van der Waals surface area contributed by atoms with Gasteiger partial charge in [0, 0.05) is 25.4 Å². The molecule has 1 unspecified atom stereocenters. The minimum Gasteiger partial charge on any atom is -0.444 e. The molecule has 0 bridgehead atoms. The molecule has 1 rings (SSSR count). The third-order valence-electron chi connectivity index (χ3n) is 3.32. The maximum absolute atomic E-state index is 11.9. The summed E-state index contributed by atoms with van der Waals surface area (Å²) >= 11 is 0. The Balaban J connectivity index is 2.45. The van der Waals surface area contributed by atoms with Crippen LogP contribution in [0.2, 0.25) is 0 Å². The number of likely N-dealkylation sites (tertiary alicyclic amines) is 1. The minimum atomic E-state index is -0.434. The highest BCUT2D eigenvalue weighted by molar-refractivity contribution is 5.68. The first-order chi connectivity index (χ1) is 8.37. The highest BCUT2D eigenvalue weighted by Crippen LogP contribution is 2.25. The van der Waals surface area contributed by atoms with E-state index in [1.54, 1.807) is 4.90 Å². The summed E-state index contributed by atoms with van der Waals surface area (Å²) in [6.45, 7) is 16.3. The molecule has 102 valence electrons. The summed E-state index contributed by atoms with van der Waals surface area (Å²) in [5, 5.41) is 0. The highest BCUT2D eigenvalue weighted by Gasteiger charge is 2.32. The summed E-state index contributed by atoms with van der Waals surface area (Å²) in [6, 6.07) is 0.116. The fourth-order valence-electron chi connectivity index (χ4n) is 2.32. The SMILES string of the molecule is [C-]#[N+]C(CC)C1CCN(C(=O)OC(C)(C)C)CC1. The van der Waals surface area contributed by atoms with Gasteiger partial charge in [-0.25, -0.2) is 11.4 Å². The third kappa shape index (κ3) is 4.21. The second-order valence-corrected chi connectivity index (χ2v) is 5.91. The molecule has 1 heterocycles. The van der Waals surface area contributed by atoms with Gasteiger partial charge in [0.15, 0.2) is 0 Å². The molecule has 1 amide bonds. The van der Waals surface area contributed by atoms with E-state index in [1.165, 1.54) is 0 Å². The lowest BCUT2D eigenvalue weighted by molar-refractivity contribution is 0.0178. The van der Waals surface area contributed by atoms with Crippen molar-refractivity contribution in [2.45, 2.75) is 58.6 Å². The maximum Gasteiger partial charge on any atom is 0.410 e. The van der Waals surface area contributed by atoms with Crippen molar-refractivity contribution >= 4 is 6.09 Å². The van der Waals surface area contributed by atoms with Gasteiger partial charge in [0.25, 0.3) is 0 Å². The number of piperidine rings is 1. The van der Waals surface area contributed by atoms with E-state index in [1.807, 2.05) is 20.8 Å². The van der Waals surface area contributed by atoms with E-state index < -0.39 is 5.60 Å². The Labute approximate surface area is 110 Å². The smallest absolute Gasteiger partial charge is 0.410 e. The van der Waals surface area contributed by atoms with Gasteiger partial charge in [-0.2, -0.15) is 0 Å². The zero-order chi connectivity index (χ0) is 13.8. The Kier molecular flexibility index (Phi) is 5.01. The topological polar surface area (TPSA) is 33.9 Å². The Bertz CT molecular complexity index is 320. The first-order valence-corrected chi connectivity index (χ1v) is 6.72. The van der Waals surface area contributed by atoms with Gasteiger partial charge in [-0.15, -0.1) is 0 Å². The number of carbonyl (C=O) groups is 1. The van der Waals surface area contributed by atoms with Crippen LogP contribution in [0.4, 0.5) is 4.79 Å². The van der Waals surface area contributed by atoms with Crippen LogP contribution in [0.3, 0.4) is 0 Å². The zero-order valence-corrected chi connectivity index (χ0v) is 11.9. The molecule has 0 aromatic heterocycles. The van der Waals surface area contributed by atoms with Crippen LogP contribution in [0.5, 0.6) is 0 Å². The van der Waals surface area contributed by atoms with Crippen LogP contribution in [0.25, 0.3) is 4.85 Å². The molecule has 1 saturated heterocycles. The lowest BCUT2D eigenvalue weighted by Crippen LogP contribution is -2.43. The van der Waals surface area contributed by atoms with Crippen molar-refractivity contribution in [3.05, 3.63) is 11.4 Å². The van der Waals surface area contributed by atoms with E-state index in [9.17, 15) is 4.79 Å². The molecule has 1 aliphatic rings. The van der Waals surface area contributed by atoms with E-state index in [0.29, 0.717) is 19.0 Å². The maximum atomic E-state index is 11.9. The van der Waals surface area contributed by atoms with Crippen molar-refractivity contribution in [2.24, 2.45) is 5.92 Å². The largest absolute Gasteiger partial charge is 0.444 e. The van der Waals surface area contributed by atoms with E-state index in [-0.39, 0.29) is 12.1 Å². The van der Waals surface area contributed by atoms with Crippen LogP contribution in [0.1, 0.15) is 47.0 Å². The van der Waals surface area contributed by atoms with Gasteiger partial charge in [0.05, 0.1) is 0 Å². The molecule has 1 atom stereocenters. The van der Waals surface area contributed by atoms with Gasteiger partial charge in [-0.05, 0) is 33.6 Å². The third-order valence-corrected chi connectivity index (χ3v) is 3.32. The minimum absolute atomic E-state index is 0.116. The molecule has 1 aliphatic heterocycles. The van der Waals surface area contributed by atoms with Gasteiger partial charge in [0.1, 0.15) is 5.60 Å². The van der Waals surface area contributed by atoms with Crippen molar-refractivity contribution in [2.75, 3.05) is 13.1 Å². The second kappa shape index (κ2) is 6.08. The Morgan fingerprint density at radius 2 is 2.00 bits per heavy atom. The molecule has 0 N–H and O–H groups in total. The molecular formula is C14H24N2O2. The zero-order valence-electron chi connectivity index (χ0n) is 11.9. The number of nitrogens with zero attached hydrogens (tertiary/aromatic N) is 2. The molecule has 0 radical (unpaired) electrons. The number of rotatable bonds is 2. The second-order valence-electron chi connectivity index (χ2n) is 5.91. The number of carbonyl (C=O) groups excluding carboxylic acids is 1. The molecular weight excluding hydrogens is 228 g/mol. The molecule has 0 aromatic rings. The molecule has 0 aromatic carbocycles. The number of hydrogen-bond donors (Lipinski definition) is 0. The summed E-state index contributed by atoms with van der Waals surface area (Å²) in [5.41, 5.74) is -0.434. The summed E-state index contributed by atoms with van der Waals surface area (Å²) in [6.07, 6.45) is 2.51. The summed E-state index contributed by atoms with van der Waals surface area (Å²) in [5.74, 6) is 0.436. The molecule has 0 saturated carbocycles. The lowest BCUT2D eigenvalue weighted by atomic mass is 9.88. The van der Waals surface area contributed by atoms with Gasteiger partial charge in [-0.3, -0.25) is 0 Å². The molecule has 0 aliphatic carbocycles. The van der Waals surface area contributed by atoms with Crippen molar-refractivity contribution in [1.29, 1.82) is 0 Å². The van der Waals surface area contributed by atoms with E-state index in [2.05, 4.69) is 11.8 Å². The Morgan fingerprint density at radius 1 is 1.44 bits per heavy atom. The molecule has 1 fully saturated rings.